The molecule has 0 spiro atoms. The maximum absolute atomic E-state index is 4.48. The van der Waals surface area contributed by atoms with Gasteiger partial charge < -0.3 is 15.2 Å². The Morgan fingerprint density at radius 1 is 1.28 bits per heavy atom. The zero-order valence-electron chi connectivity index (χ0n) is 11.5. The molecule has 0 bridgehead atoms. The highest BCUT2D eigenvalue weighted by Gasteiger charge is 2.07. The largest absolute Gasteiger partial charge is 0.369 e. The number of H-pyrrole nitrogens is 1. The highest BCUT2D eigenvalue weighted by Crippen LogP contribution is 2.20. The Balaban J connectivity index is 2.11. The summed E-state index contributed by atoms with van der Waals surface area (Å²) in [6.07, 6.45) is 1.10. The van der Waals surface area contributed by atoms with E-state index in [2.05, 4.69) is 45.3 Å². The summed E-state index contributed by atoms with van der Waals surface area (Å²) in [5.74, 6) is 1.72. The molecule has 0 atom stereocenters. The van der Waals surface area contributed by atoms with E-state index in [1.807, 2.05) is 13.8 Å². The quantitative estimate of drug-likeness (QED) is 0.793. The van der Waals surface area contributed by atoms with Crippen molar-refractivity contribution < 1.29 is 0 Å². The zero-order chi connectivity index (χ0) is 13.1. The topological polar surface area (TPSA) is 56.8 Å². The Hall–Kier alpha value is -1.62. The maximum atomic E-state index is 4.48. The normalized spacial score (nSPS) is 11.4. The summed E-state index contributed by atoms with van der Waals surface area (Å²) >= 11 is 0. The van der Waals surface area contributed by atoms with Gasteiger partial charge in [0.25, 0.3) is 0 Å². The molecule has 2 aromatic heterocycles. The third kappa shape index (κ3) is 2.98. The van der Waals surface area contributed by atoms with Crippen molar-refractivity contribution in [1.82, 2.24) is 19.9 Å². The van der Waals surface area contributed by atoms with Crippen LogP contribution in [-0.2, 0) is 0 Å². The number of nitrogens with zero attached hydrogens (tertiary/aromatic N) is 3. The molecule has 0 aromatic carbocycles. The third-order valence-corrected chi connectivity index (χ3v) is 2.81. The first kappa shape index (κ1) is 12.8. The van der Waals surface area contributed by atoms with Crippen LogP contribution < -0.4 is 5.32 Å². The van der Waals surface area contributed by atoms with Crippen molar-refractivity contribution in [3.63, 3.8) is 0 Å². The smallest absolute Gasteiger partial charge is 0.143 e. The molecule has 0 saturated heterocycles. The number of rotatable bonds is 5. The van der Waals surface area contributed by atoms with Crippen LogP contribution in [0.4, 0.5) is 5.82 Å². The molecule has 98 valence electrons. The van der Waals surface area contributed by atoms with Crippen LogP contribution in [0.25, 0.3) is 11.0 Å². The monoisotopic (exact) mass is 247 g/mol. The molecule has 2 N–H and O–H groups in total. The summed E-state index contributed by atoms with van der Waals surface area (Å²) in [6, 6.07) is 2.09. The Morgan fingerprint density at radius 3 is 2.78 bits per heavy atom. The van der Waals surface area contributed by atoms with Gasteiger partial charge in [-0.1, -0.05) is 0 Å². The molecular formula is C13H21N5. The van der Waals surface area contributed by atoms with E-state index in [4.69, 9.17) is 0 Å². The van der Waals surface area contributed by atoms with Gasteiger partial charge in [-0.05, 0) is 47.0 Å². The minimum absolute atomic E-state index is 0.791. The first-order chi connectivity index (χ1) is 8.56. The van der Waals surface area contributed by atoms with E-state index in [0.29, 0.717) is 0 Å². The second kappa shape index (κ2) is 5.35. The van der Waals surface area contributed by atoms with Crippen molar-refractivity contribution in [1.29, 1.82) is 0 Å². The lowest BCUT2D eigenvalue weighted by Crippen LogP contribution is -2.16. The first-order valence-electron chi connectivity index (χ1n) is 6.29. The van der Waals surface area contributed by atoms with Crippen LogP contribution in [0.15, 0.2) is 6.07 Å². The van der Waals surface area contributed by atoms with Crippen LogP contribution in [0.2, 0.25) is 0 Å². The van der Waals surface area contributed by atoms with E-state index < -0.39 is 0 Å². The highest BCUT2D eigenvalue weighted by atomic mass is 15.1. The molecule has 5 nitrogen and oxygen atoms in total. The van der Waals surface area contributed by atoms with Crippen LogP contribution in [0.3, 0.4) is 0 Å². The molecule has 0 amide bonds. The van der Waals surface area contributed by atoms with Crippen LogP contribution >= 0.6 is 0 Å². The van der Waals surface area contributed by atoms with E-state index in [9.17, 15) is 0 Å². The fourth-order valence-corrected chi connectivity index (χ4v) is 1.99. The second-order valence-corrected chi connectivity index (χ2v) is 4.92. The summed E-state index contributed by atoms with van der Waals surface area (Å²) in [4.78, 5) is 14.3. The number of aromatic amines is 1. The van der Waals surface area contributed by atoms with Crippen molar-refractivity contribution in [2.24, 2.45) is 0 Å². The van der Waals surface area contributed by atoms with Crippen molar-refractivity contribution in [3.8, 4) is 0 Å². The Morgan fingerprint density at radius 2 is 2.06 bits per heavy atom. The average Bonchev–Trinajstić information content (AvgIpc) is 2.64. The summed E-state index contributed by atoms with van der Waals surface area (Å²) in [5, 5.41) is 4.47. The molecule has 0 fully saturated rings. The molecule has 2 rings (SSSR count). The molecule has 18 heavy (non-hydrogen) atoms. The van der Waals surface area contributed by atoms with Gasteiger partial charge >= 0.3 is 0 Å². The van der Waals surface area contributed by atoms with Gasteiger partial charge in [-0.25, -0.2) is 9.97 Å². The molecule has 0 radical (unpaired) electrons. The maximum Gasteiger partial charge on any atom is 0.143 e. The second-order valence-electron chi connectivity index (χ2n) is 4.92. The predicted molar refractivity (Wildman–Crippen MR) is 75.0 cm³/mol. The Labute approximate surface area is 108 Å². The third-order valence-electron chi connectivity index (χ3n) is 2.81. The minimum Gasteiger partial charge on any atom is -0.369 e. The minimum atomic E-state index is 0.791. The number of anilines is 1. The lowest BCUT2D eigenvalue weighted by molar-refractivity contribution is 0.405. The Kier molecular flexibility index (Phi) is 3.81. The van der Waals surface area contributed by atoms with E-state index >= 15 is 0 Å². The number of fused-ring (bicyclic) bond motifs is 1. The summed E-state index contributed by atoms with van der Waals surface area (Å²) in [5.41, 5.74) is 2.02. The molecule has 0 aliphatic carbocycles. The lowest BCUT2D eigenvalue weighted by Gasteiger charge is -2.10. The highest BCUT2D eigenvalue weighted by molar-refractivity contribution is 5.87. The first-order valence-corrected chi connectivity index (χ1v) is 6.29. The zero-order valence-corrected chi connectivity index (χ0v) is 11.5. The van der Waals surface area contributed by atoms with Gasteiger partial charge in [-0.15, -0.1) is 0 Å². The molecule has 0 aliphatic heterocycles. The van der Waals surface area contributed by atoms with Crippen molar-refractivity contribution in [3.05, 3.63) is 17.6 Å². The fourth-order valence-electron chi connectivity index (χ4n) is 1.99. The molecule has 5 heteroatoms. The van der Waals surface area contributed by atoms with Crippen LogP contribution in [-0.4, -0.2) is 47.0 Å². The molecular weight excluding hydrogens is 226 g/mol. The number of nitrogens with one attached hydrogen (secondary N) is 2. The van der Waals surface area contributed by atoms with Gasteiger partial charge in [0.15, 0.2) is 0 Å². The van der Waals surface area contributed by atoms with Gasteiger partial charge in [-0.2, -0.15) is 0 Å². The van der Waals surface area contributed by atoms with Gasteiger partial charge in [0.1, 0.15) is 17.3 Å². The van der Waals surface area contributed by atoms with Gasteiger partial charge in [0, 0.05) is 12.2 Å². The number of aryl methyl sites for hydroxylation is 2. The molecule has 0 aliphatic rings. The SMILES string of the molecule is Cc1nc(NCCCN(C)C)c2cc(C)[nH]c2n1. The summed E-state index contributed by atoms with van der Waals surface area (Å²) in [7, 11) is 4.17. The van der Waals surface area contributed by atoms with Crippen molar-refractivity contribution >= 4 is 16.9 Å². The average molecular weight is 247 g/mol. The molecule has 0 unspecified atom stereocenters. The van der Waals surface area contributed by atoms with Crippen LogP contribution in [0.1, 0.15) is 17.9 Å². The number of hydrogen-bond acceptors (Lipinski definition) is 4. The predicted octanol–water partition coefficient (Wildman–Crippen LogP) is 1.94. The summed E-state index contributed by atoms with van der Waals surface area (Å²) in [6.45, 7) is 5.95. The fraction of sp³-hybridized carbons (Fsp3) is 0.538. The molecule has 2 heterocycles. The molecule has 0 saturated carbocycles. The standard InChI is InChI=1S/C13H21N5/c1-9-8-11-12(14-6-5-7-18(3)4)16-10(2)17-13(11)15-9/h8H,5-7H2,1-4H3,(H2,14,15,16,17). The van der Waals surface area contributed by atoms with Gasteiger partial charge in [-0.3, -0.25) is 0 Å². The summed E-state index contributed by atoms with van der Waals surface area (Å²) < 4.78 is 0. The van der Waals surface area contributed by atoms with Crippen LogP contribution in [0, 0.1) is 13.8 Å². The van der Waals surface area contributed by atoms with E-state index in [-0.39, 0.29) is 0 Å². The van der Waals surface area contributed by atoms with E-state index in [1.54, 1.807) is 0 Å². The van der Waals surface area contributed by atoms with Gasteiger partial charge in [0.2, 0.25) is 0 Å². The molecule has 2 aromatic rings. The number of hydrogen-bond donors (Lipinski definition) is 2. The van der Waals surface area contributed by atoms with Crippen LogP contribution in [0.5, 0.6) is 0 Å². The van der Waals surface area contributed by atoms with Crippen molar-refractivity contribution in [2.75, 3.05) is 32.5 Å². The van der Waals surface area contributed by atoms with E-state index in [0.717, 1.165) is 47.9 Å². The number of aromatic nitrogens is 3. The van der Waals surface area contributed by atoms with Crippen molar-refractivity contribution in [2.45, 2.75) is 20.3 Å². The van der Waals surface area contributed by atoms with E-state index in [1.165, 1.54) is 0 Å². The Bertz CT molecular complexity index is 529. The lowest BCUT2D eigenvalue weighted by atomic mass is 10.3. The van der Waals surface area contributed by atoms with Gasteiger partial charge in [0.05, 0.1) is 5.39 Å².